The Hall–Kier alpha value is -1.86. The van der Waals surface area contributed by atoms with Gasteiger partial charge in [0.25, 0.3) is 0 Å². The molecule has 4 heteroatoms. The van der Waals surface area contributed by atoms with Crippen molar-refractivity contribution in [3.05, 3.63) is 35.4 Å². The van der Waals surface area contributed by atoms with Crippen molar-refractivity contribution in [1.29, 1.82) is 5.26 Å². The number of hydrogen-bond acceptors (Lipinski definition) is 4. The molecule has 1 aromatic carbocycles. The minimum atomic E-state index is -0.654. The molecular weight excluding hydrogens is 218 g/mol. The molecule has 17 heavy (non-hydrogen) atoms. The second kappa shape index (κ2) is 4.19. The molecule has 1 aliphatic rings. The number of carbonyl (C=O) groups excluding carboxylic acids is 1. The number of nitrogens with zero attached hydrogens (tertiary/aromatic N) is 1. The molecule has 1 saturated heterocycles. The van der Waals surface area contributed by atoms with Gasteiger partial charge in [-0.2, -0.15) is 5.26 Å². The Kier molecular flexibility index (Phi) is 2.86. The van der Waals surface area contributed by atoms with E-state index in [0.29, 0.717) is 12.2 Å². The van der Waals surface area contributed by atoms with Crippen LogP contribution in [0.15, 0.2) is 24.3 Å². The van der Waals surface area contributed by atoms with Crippen molar-refractivity contribution in [3.8, 4) is 6.07 Å². The molecule has 0 aromatic heterocycles. The summed E-state index contributed by atoms with van der Waals surface area (Å²) in [5, 5.41) is 8.83. The van der Waals surface area contributed by atoms with Crippen LogP contribution < -0.4 is 0 Å². The molecule has 1 aliphatic heterocycles. The monoisotopic (exact) mass is 231 g/mol. The minimum Gasteiger partial charge on any atom is -0.464 e. The van der Waals surface area contributed by atoms with Crippen molar-refractivity contribution in [3.63, 3.8) is 0 Å². The summed E-state index contributed by atoms with van der Waals surface area (Å²) >= 11 is 0. The highest BCUT2D eigenvalue weighted by atomic mass is 16.7. The van der Waals surface area contributed by atoms with Gasteiger partial charge in [0, 0.05) is 0 Å². The SMILES string of the molecule is CCOC(=O)C1OC1(C)c1cccc(C#N)c1. The molecule has 0 aliphatic carbocycles. The lowest BCUT2D eigenvalue weighted by atomic mass is 9.96. The number of carbonyl (C=O) groups is 1. The molecule has 0 spiro atoms. The first-order valence-corrected chi connectivity index (χ1v) is 5.47. The molecule has 0 N–H and O–H groups in total. The molecule has 1 heterocycles. The third-order valence-corrected chi connectivity index (χ3v) is 2.87. The zero-order valence-electron chi connectivity index (χ0n) is 9.77. The van der Waals surface area contributed by atoms with Gasteiger partial charge >= 0.3 is 5.97 Å². The zero-order chi connectivity index (χ0) is 12.5. The predicted octanol–water partition coefficient (Wildman–Crippen LogP) is 1.74. The topological polar surface area (TPSA) is 62.6 Å². The van der Waals surface area contributed by atoms with Crippen LogP contribution in [-0.4, -0.2) is 18.7 Å². The van der Waals surface area contributed by atoms with E-state index in [-0.39, 0.29) is 5.97 Å². The molecule has 0 radical (unpaired) electrons. The maximum Gasteiger partial charge on any atom is 0.338 e. The summed E-state index contributed by atoms with van der Waals surface area (Å²) in [5.41, 5.74) is 0.732. The minimum absolute atomic E-state index is 0.340. The highest BCUT2D eigenvalue weighted by Crippen LogP contribution is 2.46. The van der Waals surface area contributed by atoms with Crippen LogP contribution in [0.4, 0.5) is 0 Å². The van der Waals surface area contributed by atoms with E-state index in [9.17, 15) is 4.79 Å². The van der Waals surface area contributed by atoms with Crippen LogP contribution in [0.3, 0.4) is 0 Å². The summed E-state index contributed by atoms with van der Waals surface area (Å²) < 4.78 is 10.3. The fourth-order valence-corrected chi connectivity index (χ4v) is 1.82. The molecule has 0 bridgehead atoms. The first kappa shape index (κ1) is 11.6. The van der Waals surface area contributed by atoms with Gasteiger partial charge in [0.2, 0.25) is 0 Å². The first-order valence-electron chi connectivity index (χ1n) is 5.47. The van der Waals surface area contributed by atoms with E-state index in [0.717, 1.165) is 5.56 Å². The smallest absolute Gasteiger partial charge is 0.338 e. The standard InChI is InChI=1S/C13H13NO3/c1-3-16-12(15)11-13(2,17-11)10-6-4-5-9(7-10)8-14/h4-7,11H,3H2,1-2H3. The number of ether oxygens (including phenoxy) is 2. The second-order valence-corrected chi connectivity index (χ2v) is 4.05. The third-order valence-electron chi connectivity index (χ3n) is 2.87. The Morgan fingerprint density at radius 1 is 1.65 bits per heavy atom. The quantitative estimate of drug-likeness (QED) is 0.587. The van der Waals surface area contributed by atoms with E-state index in [4.69, 9.17) is 14.7 Å². The van der Waals surface area contributed by atoms with Crippen molar-refractivity contribution in [2.24, 2.45) is 0 Å². The molecule has 4 nitrogen and oxygen atoms in total. The lowest BCUT2D eigenvalue weighted by Gasteiger charge is -2.06. The summed E-state index contributed by atoms with van der Waals surface area (Å²) in [6.07, 6.45) is -0.559. The highest BCUT2D eigenvalue weighted by Gasteiger charge is 2.59. The van der Waals surface area contributed by atoms with Gasteiger partial charge in [-0.1, -0.05) is 12.1 Å². The Labute approximate surface area is 99.8 Å². The summed E-state index contributed by atoms with van der Waals surface area (Å²) in [7, 11) is 0. The summed E-state index contributed by atoms with van der Waals surface area (Å²) in [4.78, 5) is 11.5. The van der Waals surface area contributed by atoms with E-state index in [1.807, 2.05) is 13.0 Å². The fraction of sp³-hybridized carbons (Fsp3) is 0.385. The van der Waals surface area contributed by atoms with E-state index in [2.05, 4.69) is 6.07 Å². The normalized spacial score (nSPS) is 26.1. The van der Waals surface area contributed by atoms with Crippen LogP contribution in [0.2, 0.25) is 0 Å². The number of nitriles is 1. The number of esters is 1. The third kappa shape index (κ3) is 2.02. The lowest BCUT2D eigenvalue weighted by Crippen LogP contribution is -2.18. The van der Waals surface area contributed by atoms with Crippen molar-refractivity contribution >= 4 is 5.97 Å². The van der Waals surface area contributed by atoms with Crippen molar-refractivity contribution in [2.75, 3.05) is 6.61 Å². The van der Waals surface area contributed by atoms with Crippen LogP contribution in [-0.2, 0) is 19.9 Å². The number of hydrogen-bond donors (Lipinski definition) is 0. The first-order chi connectivity index (χ1) is 8.11. The van der Waals surface area contributed by atoms with Gasteiger partial charge < -0.3 is 9.47 Å². The molecule has 2 unspecified atom stereocenters. The Balaban J connectivity index is 2.19. The maximum atomic E-state index is 11.5. The van der Waals surface area contributed by atoms with Crippen LogP contribution in [0.1, 0.15) is 25.0 Å². The molecule has 0 amide bonds. The van der Waals surface area contributed by atoms with Crippen molar-refractivity contribution in [2.45, 2.75) is 25.6 Å². The molecule has 0 saturated carbocycles. The number of benzene rings is 1. The Morgan fingerprint density at radius 3 is 3.06 bits per heavy atom. The molecule has 2 rings (SSSR count). The average Bonchev–Trinajstić information content (AvgIpc) is 3.04. The van der Waals surface area contributed by atoms with Crippen LogP contribution in [0.25, 0.3) is 0 Å². The van der Waals surface area contributed by atoms with E-state index in [1.165, 1.54) is 0 Å². The molecule has 2 atom stereocenters. The summed E-state index contributed by atoms with van der Waals surface area (Å²) in [6.45, 7) is 3.92. The van der Waals surface area contributed by atoms with Gasteiger partial charge in [0.05, 0.1) is 18.2 Å². The van der Waals surface area contributed by atoms with E-state index < -0.39 is 11.7 Å². The van der Waals surface area contributed by atoms with Crippen molar-refractivity contribution < 1.29 is 14.3 Å². The van der Waals surface area contributed by atoms with Crippen molar-refractivity contribution in [1.82, 2.24) is 0 Å². The zero-order valence-corrected chi connectivity index (χ0v) is 9.77. The predicted molar refractivity (Wildman–Crippen MR) is 60.0 cm³/mol. The Bertz CT molecular complexity index is 492. The van der Waals surface area contributed by atoms with Crippen LogP contribution >= 0.6 is 0 Å². The Morgan fingerprint density at radius 2 is 2.41 bits per heavy atom. The van der Waals surface area contributed by atoms with Gasteiger partial charge in [-0.25, -0.2) is 4.79 Å². The van der Waals surface area contributed by atoms with Crippen LogP contribution in [0.5, 0.6) is 0 Å². The molecular formula is C13H13NO3. The van der Waals surface area contributed by atoms with Gasteiger partial charge in [0.15, 0.2) is 6.10 Å². The maximum absolute atomic E-state index is 11.5. The number of rotatable bonds is 3. The highest BCUT2D eigenvalue weighted by molar-refractivity contribution is 5.79. The lowest BCUT2D eigenvalue weighted by molar-refractivity contribution is -0.144. The van der Waals surface area contributed by atoms with Gasteiger partial charge in [-0.3, -0.25) is 0 Å². The summed E-state index contributed by atoms with van der Waals surface area (Å²) in [5.74, 6) is -0.350. The molecule has 1 fully saturated rings. The summed E-state index contributed by atoms with van der Waals surface area (Å²) in [6, 6.07) is 9.15. The van der Waals surface area contributed by atoms with E-state index in [1.54, 1.807) is 25.1 Å². The van der Waals surface area contributed by atoms with Gasteiger partial charge in [-0.15, -0.1) is 0 Å². The fourth-order valence-electron chi connectivity index (χ4n) is 1.82. The molecule has 1 aromatic rings. The van der Waals surface area contributed by atoms with Crippen LogP contribution in [0, 0.1) is 11.3 Å². The van der Waals surface area contributed by atoms with Gasteiger partial charge in [-0.05, 0) is 31.5 Å². The molecule has 88 valence electrons. The largest absolute Gasteiger partial charge is 0.464 e. The van der Waals surface area contributed by atoms with E-state index >= 15 is 0 Å². The number of epoxide rings is 1. The average molecular weight is 231 g/mol. The second-order valence-electron chi connectivity index (χ2n) is 4.05. The van der Waals surface area contributed by atoms with Gasteiger partial charge in [0.1, 0.15) is 5.60 Å².